The van der Waals surface area contributed by atoms with E-state index in [1.165, 1.54) is 56.9 Å². The standard InChI is InChI=1S/C24H34/c1-4-24(3)15-7-11-19-10-5-8-17(2)22-16-18-9-6-12-21(23(19)24)20(22)14-13-18/h6,9,12-14,17,19,22-23H,4-5,7-8,10-11,15-16H2,1-3H3. The van der Waals surface area contributed by atoms with Gasteiger partial charge in [0.25, 0.3) is 0 Å². The van der Waals surface area contributed by atoms with Crippen LogP contribution >= 0.6 is 0 Å². The quantitative estimate of drug-likeness (QED) is 0.487. The summed E-state index contributed by atoms with van der Waals surface area (Å²) in [7, 11) is 0. The van der Waals surface area contributed by atoms with Crippen LogP contribution in [0.1, 0.15) is 72.1 Å². The molecule has 0 N–H and O–H groups in total. The predicted molar refractivity (Wildman–Crippen MR) is 104 cm³/mol. The Kier molecular flexibility index (Phi) is 4.35. The van der Waals surface area contributed by atoms with Gasteiger partial charge >= 0.3 is 0 Å². The average Bonchev–Trinajstić information content (AvgIpc) is 2.62. The first-order valence-electron chi connectivity index (χ1n) is 10.4. The lowest BCUT2D eigenvalue weighted by molar-refractivity contribution is 0.0761. The van der Waals surface area contributed by atoms with Gasteiger partial charge in [-0.25, -0.2) is 0 Å². The van der Waals surface area contributed by atoms with Crippen molar-refractivity contribution in [1.82, 2.24) is 0 Å². The second-order valence-electron chi connectivity index (χ2n) is 9.20. The van der Waals surface area contributed by atoms with E-state index in [1.54, 1.807) is 11.1 Å². The van der Waals surface area contributed by atoms with Gasteiger partial charge in [0.2, 0.25) is 0 Å². The van der Waals surface area contributed by atoms with Crippen LogP contribution in [0.2, 0.25) is 0 Å². The predicted octanol–water partition coefficient (Wildman–Crippen LogP) is 7.01. The van der Waals surface area contributed by atoms with E-state index in [4.69, 9.17) is 0 Å². The first-order chi connectivity index (χ1) is 11.6. The molecule has 0 heteroatoms. The first-order valence-corrected chi connectivity index (χ1v) is 10.4. The summed E-state index contributed by atoms with van der Waals surface area (Å²) in [5.74, 6) is 3.25. The smallest absolute Gasteiger partial charge is 0.00769 e. The van der Waals surface area contributed by atoms with Crippen LogP contribution in [0, 0.1) is 29.1 Å². The van der Waals surface area contributed by atoms with Crippen molar-refractivity contribution in [2.75, 3.05) is 0 Å². The van der Waals surface area contributed by atoms with E-state index >= 15 is 0 Å². The number of fused-ring (bicyclic) bond motifs is 2. The molecule has 24 heavy (non-hydrogen) atoms. The molecule has 0 aromatic rings. The Balaban J connectivity index is 1.89. The summed E-state index contributed by atoms with van der Waals surface area (Å²) in [6.45, 7) is 7.54. The minimum Gasteiger partial charge on any atom is -0.0648 e. The maximum absolute atomic E-state index is 2.59. The molecule has 5 unspecified atom stereocenters. The van der Waals surface area contributed by atoms with Gasteiger partial charge in [-0.05, 0) is 71.5 Å². The molecule has 0 spiro atoms. The van der Waals surface area contributed by atoms with Crippen molar-refractivity contribution in [2.24, 2.45) is 29.1 Å². The van der Waals surface area contributed by atoms with Gasteiger partial charge in [-0.1, -0.05) is 76.8 Å². The van der Waals surface area contributed by atoms with Crippen molar-refractivity contribution in [1.29, 1.82) is 0 Å². The normalized spacial score (nSPS) is 41.7. The van der Waals surface area contributed by atoms with Gasteiger partial charge in [0.1, 0.15) is 0 Å². The highest BCUT2D eigenvalue weighted by molar-refractivity contribution is 5.48. The molecular formula is C24H34. The third-order valence-electron chi connectivity index (χ3n) is 7.86. The van der Waals surface area contributed by atoms with Gasteiger partial charge in [0.05, 0.1) is 0 Å². The summed E-state index contributed by atoms with van der Waals surface area (Å²) in [4.78, 5) is 0. The highest BCUT2D eigenvalue weighted by atomic mass is 14.5. The molecule has 1 fully saturated rings. The van der Waals surface area contributed by atoms with Crippen LogP contribution < -0.4 is 0 Å². The summed E-state index contributed by atoms with van der Waals surface area (Å²) in [5, 5.41) is 0. The zero-order valence-electron chi connectivity index (χ0n) is 15.9. The minimum absolute atomic E-state index is 0.491. The molecule has 5 atom stereocenters. The zero-order chi connectivity index (χ0) is 16.7. The second-order valence-corrected chi connectivity index (χ2v) is 9.20. The second kappa shape index (κ2) is 6.36. The van der Waals surface area contributed by atoms with Crippen LogP contribution in [0.25, 0.3) is 0 Å². The monoisotopic (exact) mass is 322 g/mol. The number of hydrogen-bond donors (Lipinski definition) is 0. The molecule has 1 saturated carbocycles. The largest absolute Gasteiger partial charge is 0.0648 e. The maximum Gasteiger partial charge on any atom is -0.00769 e. The van der Waals surface area contributed by atoms with Crippen LogP contribution in [0.5, 0.6) is 0 Å². The molecule has 0 saturated heterocycles. The van der Waals surface area contributed by atoms with E-state index < -0.39 is 0 Å². The van der Waals surface area contributed by atoms with Gasteiger partial charge in [0, 0.05) is 0 Å². The highest BCUT2D eigenvalue weighted by Crippen LogP contribution is 2.55. The van der Waals surface area contributed by atoms with E-state index in [9.17, 15) is 0 Å². The summed E-state index contributed by atoms with van der Waals surface area (Å²) in [6.07, 6.45) is 23.4. The lowest BCUT2D eigenvalue weighted by atomic mass is 9.57. The Morgan fingerprint density at radius 2 is 1.88 bits per heavy atom. The van der Waals surface area contributed by atoms with E-state index in [2.05, 4.69) is 51.2 Å². The molecule has 0 aliphatic heterocycles. The first kappa shape index (κ1) is 16.4. The van der Waals surface area contributed by atoms with Gasteiger partial charge < -0.3 is 0 Å². The molecule has 4 bridgehead atoms. The number of rotatable bonds is 1. The van der Waals surface area contributed by atoms with E-state index in [1.807, 2.05) is 0 Å². The highest BCUT2D eigenvalue weighted by Gasteiger charge is 2.44. The van der Waals surface area contributed by atoms with Crippen LogP contribution in [0.3, 0.4) is 0 Å². The fraction of sp³-hybridized carbons (Fsp3) is 0.667. The lowest BCUT2D eigenvalue weighted by Gasteiger charge is -2.48. The molecule has 0 radical (unpaired) electrons. The van der Waals surface area contributed by atoms with Gasteiger partial charge in [-0.2, -0.15) is 0 Å². The number of hydrogen-bond acceptors (Lipinski definition) is 0. The molecule has 0 amide bonds. The van der Waals surface area contributed by atoms with Crippen molar-refractivity contribution in [3.63, 3.8) is 0 Å². The molecule has 0 aromatic heterocycles. The maximum atomic E-state index is 2.59. The topological polar surface area (TPSA) is 0 Å². The lowest BCUT2D eigenvalue weighted by Crippen LogP contribution is -2.38. The molecule has 5 aliphatic carbocycles. The van der Waals surface area contributed by atoms with E-state index in [0.29, 0.717) is 5.41 Å². The summed E-state index contributed by atoms with van der Waals surface area (Å²) < 4.78 is 0. The zero-order valence-corrected chi connectivity index (χ0v) is 15.9. The number of allylic oxidation sites excluding steroid dienone is 8. The van der Waals surface area contributed by atoms with Gasteiger partial charge in [-0.3, -0.25) is 0 Å². The Bertz CT molecular complexity index is 614. The fourth-order valence-electron chi connectivity index (χ4n) is 6.25. The molecule has 5 aliphatic rings. The SMILES string of the molecule is CCC1(C)CCCC2CCCC(C)C3CC4=CC=CC(=C3C=C4)C21. The summed E-state index contributed by atoms with van der Waals surface area (Å²) in [6, 6.07) is 0. The Morgan fingerprint density at radius 1 is 1.04 bits per heavy atom. The van der Waals surface area contributed by atoms with Crippen molar-refractivity contribution in [3.05, 3.63) is 47.1 Å². The van der Waals surface area contributed by atoms with Crippen LogP contribution in [-0.2, 0) is 0 Å². The van der Waals surface area contributed by atoms with Crippen molar-refractivity contribution >= 4 is 0 Å². The molecule has 130 valence electrons. The summed E-state index contributed by atoms with van der Waals surface area (Å²) in [5.41, 5.74) is 5.44. The molecular weight excluding hydrogens is 288 g/mol. The third kappa shape index (κ3) is 2.67. The van der Waals surface area contributed by atoms with Crippen LogP contribution in [0.4, 0.5) is 0 Å². The van der Waals surface area contributed by atoms with Crippen molar-refractivity contribution < 1.29 is 0 Å². The molecule has 0 nitrogen and oxygen atoms in total. The molecule has 0 heterocycles. The Morgan fingerprint density at radius 3 is 2.71 bits per heavy atom. The van der Waals surface area contributed by atoms with E-state index in [-0.39, 0.29) is 0 Å². The van der Waals surface area contributed by atoms with Crippen molar-refractivity contribution in [2.45, 2.75) is 72.1 Å². The fourth-order valence-corrected chi connectivity index (χ4v) is 6.25. The Hall–Kier alpha value is -1.04. The average molecular weight is 323 g/mol. The molecule has 5 rings (SSSR count). The van der Waals surface area contributed by atoms with Crippen molar-refractivity contribution in [3.8, 4) is 0 Å². The van der Waals surface area contributed by atoms with Gasteiger partial charge in [-0.15, -0.1) is 0 Å². The van der Waals surface area contributed by atoms with Crippen LogP contribution in [-0.4, -0.2) is 0 Å². The summed E-state index contributed by atoms with van der Waals surface area (Å²) >= 11 is 0. The van der Waals surface area contributed by atoms with E-state index in [0.717, 1.165) is 23.7 Å². The Labute approximate surface area is 148 Å². The van der Waals surface area contributed by atoms with Crippen LogP contribution in [0.15, 0.2) is 47.1 Å². The third-order valence-corrected chi connectivity index (χ3v) is 7.86. The van der Waals surface area contributed by atoms with Gasteiger partial charge in [0.15, 0.2) is 0 Å². The molecule has 0 aromatic carbocycles. The minimum atomic E-state index is 0.491.